The Kier molecular flexibility index (Phi) is 4.90. The molecule has 1 aromatic heterocycles. The van der Waals surface area contributed by atoms with Crippen LogP contribution in [0, 0.1) is 0 Å². The van der Waals surface area contributed by atoms with Gasteiger partial charge in [-0.05, 0) is 50.0 Å². The fourth-order valence-electron chi connectivity index (χ4n) is 1.91. The van der Waals surface area contributed by atoms with E-state index in [4.69, 9.17) is 15.2 Å². The maximum atomic E-state index is 5.86. The van der Waals surface area contributed by atoms with Gasteiger partial charge in [0.2, 0.25) is 0 Å². The van der Waals surface area contributed by atoms with Crippen LogP contribution in [-0.2, 0) is 0 Å². The number of nitrogen functional groups attached to an aromatic ring is 1. The third-order valence-corrected chi connectivity index (χ3v) is 3.76. The summed E-state index contributed by atoms with van der Waals surface area (Å²) in [6.45, 7) is 6.01. The standard InChI is InChI=1S/C15H21N3O2S/c1-9(2)20-13-14(16)18-21-15(13)17-10(3)11-5-7-12(19-4)8-6-11/h5-10,17H,1-4H3,(H2,16,18). The van der Waals surface area contributed by atoms with Gasteiger partial charge in [0.15, 0.2) is 16.6 Å². The first-order valence-corrected chi connectivity index (χ1v) is 7.61. The molecule has 114 valence electrons. The first-order chi connectivity index (χ1) is 10.0. The van der Waals surface area contributed by atoms with Gasteiger partial charge in [-0.3, -0.25) is 0 Å². The Labute approximate surface area is 129 Å². The number of hydrogen-bond acceptors (Lipinski definition) is 6. The number of nitrogens with zero attached hydrogens (tertiary/aromatic N) is 1. The molecule has 1 heterocycles. The highest BCUT2D eigenvalue weighted by Gasteiger charge is 2.17. The SMILES string of the molecule is COc1ccc(C(C)Nc2snc(N)c2OC(C)C)cc1. The van der Waals surface area contributed by atoms with Gasteiger partial charge in [-0.25, -0.2) is 0 Å². The molecule has 21 heavy (non-hydrogen) atoms. The van der Waals surface area contributed by atoms with Gasteiger partial charge >= 0.3 is 0 Å². The Morgan fingerprint density at radius 2 is 1.86 bits per heavy atom. The minimum Gasteiger partial charge on any atom is -0.497 e. The van der Waals surface area contributed by atoms with E-state index in [9.17, 15) is 0 Å². The van der Waals surface area contributed by atoms with Crippen molar-refractivity contribution < 1.29 is 9.47 Å². The second-order valence-corrected chi connectivity index (χ2v) is 5.81. The van der Waals surface area contributed by atoms with Crippen molar-refractivity contribution in [2.24, 2.45) is 0 Å². The Morgan fingerprint density at radius 1 is 1.19 bits per heavy atom. The minimum absolute atomic E-state index is 0.0561. The van der Waals surface area contributed by atoms with Gasteiger partial charge in [0.1, 0.15) is 5.75 Å². The lowest BCUT2D eigenvalue weighted by molar-refractivity contribution is 0.245. The molecule has 2 aromatic rings. The number of anilines is 2. The number of rotatable bonds is 6. The largest absolute Gasteiger partial charge is 0.497 e. The van der Waals surface area contributed by atoms with Crippen LogP contribution >= 0.6 is 11.5 Å². The lowest BCUT2D eigenvalue weighted by atomic mass is 10.1. The molecule has 0 saturated carbocycles. The van der Waals surface area contributed by atoms with Crippen LogP contribution in [0.15, 0.2) is 24.3 Å². The summed E-state index contributed by atoms with van der Waals surface area (Å²) < 4.78 is 15.1. The molecule has 0 bridgehead atoms. The van der Waals surface area contributed by atoms with Gasteiger partial charge in [0, 0.05) is 6.04 Å². The quantitative estimate of drug-likeness (QED) is 0.851. The summed E-state index contributed by atoms with van der Waals surface area (Å²) in [6.07, 6.45) is 0.0561. The minimum atomic E-state index is 0.0561. The normalized spacial score (nSPS) is 12.2. The van der Waals surface area contributed by atoms with Crippen LogP contribution in [0.1, 0.15) is 32.4 Å². The highest BCUT2D eigenvalue weighted by Crippen LogP contribution is 2.38. The predicted molar refractivity (Wildman–Crippen MR) is 87.3 cm³/mol. The van der Waals surface area contributed by atoms with Crippen LogP contribution in [0.2, 0.25) is 0 Å². The first-order valence-electron chi connectivity index (χ1n) is 6.83. The molecule has 0 aliphatic heterocycles. The fraction of sp³-hybridized carbons (Fsp3) is 0.400. The van der Waals surface area contributed by atoms with Crippen molar-refractivity contribution >= 4 is 22.4 Å². The van der Waals surface area contributed by atoms with Crippen molar-refractivity contribution in [3.05, 3.63) is 29.8 Å². The van der Waals surface area contributed by atoms with Crippen LogP contribution in [0.4, 0.5) is 10.8 Å². The average Bonchev–Trinajstić information content (AvgIpc) is 2.79. The molecule has 1 atom stereocenters. The maximum Gasteiger partial charge on any atom is 0.197 e. The van der Waals surface area contributed by atoms with Crippen molar-refractivity contribution in [1.82, 2.24) is 4.37 Å². The van der Waals surface area contributed by atoms with Gasteiger partial charge in [-0.1, -0.05) is 12.1 Å². The molecule has 1 aromatic carbocycles. The molecule has 0 aliphatic carbocycles. The number of nitrogens with two attached hydrogens (primary N) is 1. The smallest absolute Gasteiger partial charge is 0.197 e. The summed E-state index contributed by atoms with van der Waals surface area (Å²) in [6, 6.07) is 8.07. The molecule has 0 amide bonds. The van der Waals surface area contributed by atoms with Gasteiger partial charge in [-0.15, -0.1) is 0 Å². The molecular weight excluding hydrogens is 286 g/mol. The third-order valence-electron chi connectivity index (χ3n) is 2.99. The molecule has 6 heteroatoms. The van der Waals surface area contributed by atoms with E-state index in [2.05, 4.69) is 16.6 Å². The molecule has 0 fully saturated rings. The van der Waals surface area contributed by atoms with Gasteiger partial charge in [0.25, 0.3) is 0 Å². The summed E-state index contributed by atoms with van der Waals surface area (Å²) in [4.78, 5) is 0. The molecule has 5 nitrogen and oxygen atoms in total. The van der Waals surface area contributed by atoms with Crippen LogP contribution < -0.4 is 20.5 Å². The van der Waals surface area contributed by atoms with Crippen LogP contribution in [0.3, 0.4) is 0 Å². The molecule has 0 radical (unpaired) electrons. The van der Waals surface area contributed by atoms with E-state index in [0.29, 0.717) is 11.6 Å². The second kappa shape index (κ2) is 6.67. The van der Waals surface area contributed by atoms with E-state index in [-0.39, 0.29) is 12.1 Å². The predicted octanol–water partition coefficient (Wildman–Crippen LogP) is 3.69. The number of benzene rings is 1. The zero-order chi connectivity index (χ0) is 15.4. The molecule has 1 unspecified atom stereocenters. The Morgan fingerprint density at radius 3 is 2.43 bits per heavy atom. The van der Waals surface area contributed by atoms with Crippen molar-refractivity contribution in [3.63, 3.8) is 0 Å². The number of ether oxygens (including phenoxy) is 2. The van der Waals surface area contributed by atoms with Crippen molar-refractivity contribution in [1.29, 1.82) is 0 Å². The lowest BCUT2D eigenvalue weighted by Gasteiger charge is -2.17. The van der Waals surface area contributed by atoms with E-state index in [0.717, 1.165) is 16.3 Å². The van der Waals surface area contributed by atoms with E-state index >= 15 is 0 Å². The summed E-state index contributed by atoms with van der Waals surface area (Å²) in [7, 11) is 1.66. The van der Waals surface area contributed by atoms with Gasteiger partial charge in [-0.2, -0.15) is 4.37 Å². The number of aromatic nitrogens is 1. The Hall–Kier alpha value is -1.95. The molecule has 3 N–H and O–H groups in total. The topological polar surface area (TPSA) is 69.4 Å². The van der Waals surface area contributed by atoms with Crippen LogP contribution in [0.5, 0.6) is 11.5 Å². The third kappa shape index (κ3) is 3.78. The van der Waals surface area contributed by atoms with Crippen LogP contribution in [-0.4, -0.2) is 17.6 Å². The number of methoxy groups -OCH3 is 1. The molecule has 0 saturated heterocycles. The zero-order valence-electron chi connectivity index (χ0n) is 12.7. The van der Waals surface area contributed by atoms with Crippen molar-refractivity contribution in [2.75, 3.05) is 18.2 Å². The number of hydrogen-bond donors (Lipinski definition) is 2. The number of nitrogens with one attached hydrogen (secondary N) is 1. The Bertz CT molecular complexity index is 581. The van der Waals surface area contributed by atoms with Crippen LogP contribution in [0.25, 0.3) is 0 Å². The zero-order valence-corrected chi connectivity index (χ0v) is 13.5. The summed E-state index contributed by atoms with van der Waals surface area (Å²) in [5.74, 6) is 1.91. The van der Waals surface area contributed by atoms with E-state index in [1.165, 1.54) is 11.5 Å². The van der Waals surface area contributed by atoms with E-state index in [1.807, 2.05) is 38.1 Å². The maximum absolute atomic E-state index is 5.86. The lowest BCUT2D eigenvalue weighted by Crippen LogP contribution is -2.10. The highest BCUT2D eigenvalue weighted by atomic mass is 32.1. The monoisotopic (exact) mass is 307 g/mol. The second-order valence-electron chi connectivity index (χ2n) is 5.03. The van der Waals surface area contributed by atoms with E-state index < -0.39 is 0 Å². The first kappa shape index (κ1) is 15.4. The van der Waals surface area contributed by atoms with Crippen molar-refractivity contribution in [2.45, 2.75) is 32.9 Å². The molecule has 0 aliphatic rings. The molecule has 2 rings (SSSR count). The van der Waals surface area contributed by atoms with Gasteiger partial charge < -0.3 is 20.5 Å². The average molecular weight is 307 g/mol. The Balaban J connectivity index is 2.13. The summed E-state index contributed by atoms with van der Waals surface area (Å²) in [5, 5.41) is 4.25. The summed E-state index contributed by atoms with van der Waals surface area (Å²) >= 11 is 1.31. The summed E-state index contributed by atoms with van der Waals surface area (Å²) in [5.41, 5.74) is 7.01. The van der Waals surface area contributed by atoms with E-state index in [1.54, 1.807) is 7.11 Å². The van der Waals surface area contributed by atoms with Crippen molar-refractivity contribution in [3.8, 4) is 11.5 Å². The molecular formula is C15H21N3O2S. The van der Waals surface area contributed by atoms with Gasteiger partial charge in [0.05, 0.1) is 13.2 Å². The fourth-order valence-corrected chi connectivity index (χ4v) is 2.65. The highest BCUT2D eigenvalue weighted by molar-refractivity contribution is 7.11. The molecule has 0 spiro atoms.